The van der Waals surface area contributed by atoms with Crippen LogP contribution < -0.4 is 0 Å². The Morgan fingerprint density at radius 2 is 2.05 bits per heavy atom. The normalized spacial score (nSPS) is 15.7. The van der Waals surface area contributed by atoms with E-state index in [1.807, 2.05) is 0 Å². The van der Waals surface area contributed by atoms with Gasteiger partial charge in [-0.15, -0.1) is 0 Å². The van der Waals surface area contributed by atoms with Gasteiger partial charge < -0.3 is 4.90 Å². The van der Waals surface area contributed by atoms with Crippen LogP contribution in [0.3, 0.4) is 0 Å². The average molecular weight is 311 g/mol. The van der Waals surface area contributed by atoms with E-state index in [-0.39, 0.29) is 16.6 Å². The molecule has 0 spiro atoms. The van der Waals surface area contributed by atoms with Crippen molar-refractivity contribution in [2.24, 2.45) is 5.92 Å². The van der Waals surface area contributed by atoms with E-state index in [0.29, 0.717) is 18.0 Å². The average Bonchev–Trinajstić information content (AvgIpc) is 2.47. The van der Waals surface area contributed by atoms with Gasteiger partial charge in [0.1, 0.15) is 0 Å². The van der Waals surface area contributed by atoms with Crippen LogP contribution in [0.15, 0.2) is 18.2 Å². The second-order valence-electron chi connectivity index (χ2n) is 5.61. The third kappa shape index (κ3) is 3.94. The first-order valence-electron chi connectivity index (χ1n) is 7.18. The lowest BCUT2D eigenvalue weighted by Gasteiger charge is -2.27. The van der Waals surface area contributed by atoms with Gasteiger partial charge >= 0.3 is 0 Å². The molecule has 0 saturated heterocycles. The summed E-state index contributed by atoms with van der Waals surface area (Å²) in [5.74, 6) is 0.366. The van der Waals surface area contributed by atoms with Crippen LogP contribution in [0, 0.1) is 16.0 Å². The molecular formula is C15H19ClN2O3. The van der Waals surface area contributed by atoms with Gasteiger partial charge in [-0.05, 0) is 24.8 Å². The number of hydrogen-bond donors (Lipinski definition) is 0. The molecule has 0 atom stereocenters. The minimum Gasteiger partial charge on any atom is -0.341 e. The second-order valence-corrected chi connectivity index (χ2v) is 6.02. The molecule has 0 aromatic heterocycles. The second kappa shape index (κ2) is 6.89. The van der Waals surface area contributed by atoms with Gasteiger partial charge in [-0.1, -0.05) is 30.9 Å². The first-order chi connectivity index (χ1) is 9.99. The van der Waals surface area contributed by atoms with Gasteiger partial charge in [-0.2, -0.15) is 0 Å². The van der Waals surface area contributed by atoms with Gasteiger partial charge in [0.05, 0.1) is 15.5 Å². The van der Waals surface area contributed by atoms with Crippen molar-refractivity contribution in [3.63, 3.8) is 0 Å². The minimum absolute atomic E-state index is 0.105. The molecule has 1 fully saturated rings. The summed E-state index contributed by atoms with van der Waals surface area (Å²) >= 11 is 6.00. The van der Waals surface area contributed by atoms with Gasteiger partial charge in [-0.25, -0.2) is 0 Å². The Bertz CT molecular complexity index is 542. The zero-order valence-corrected chi connectivity index (χ0v) is 12.8. The van der Waals surface area contributed by atoms with Gasteiger partial charge in [0.25, 0.3) is 11.6 Å². The fraction of sp³-hybridized carbons (Fsp3) is 0.533. The van der Waals surface area contributed by atoms with Crippen LogP contribution >= 0.6 is 11.6 Å². The smallest absolute Gasteiger partial charge is 0.270 e. The largest absolute Gasteiger partial charge is 0.341 e. The molecule has 2 rings (SSSR count). The highest BCUT2D eigenvalue weighted by atomic mass is 35.5. The topological polar surface area (TPSA) is 63.5 Å². The quantitative estimate of drug-likeness (QED) is 0.626. The molecule has 0 aliphatic heterocycles. The number of amides is 1. The molecule has 5 nitrogen and oxygen atoms in total. The molecule has 1 amide bonds. The van der Waals surface area contributed by atoms with E-state index in [1.165, 1.54) is 37.5 Å². The van der Waals surface area contributed by atoms with Crippen molar-refractivity contribution in [1.82, 2.24) is 4.90 Å². The molecule has 6 heteroatoms. The Balaban J connectivity index is 2.06. The minimum atomic E-state index is -0.522. The van der Waals surface area contributed by atoms with Crippen LogP contribution in [0.25, 0.3) is 0 Å². The van der Waals surface area contributed by atoms with Crippen LogP contribution in [0.4, 0.5) is 5.69 Å². The molecule has 21 heavy (non-hydrogen) atoms. The van der Waals surface area contributed by atoms with Crippen molar-refractivity contribution in [2.45, 2.75) is 32.1 Å². The first-order valence-corrected chi connectivity index (χ1v) is 7.56. The molecule has 1 aromatic rings. The summed E-state index contributed by atoms with van der Waals surface area (Å²) in [5.41, 5.74) is 0.215. The van der Waals surface area contributed by atoms with E-state index in [0.717, 1.165) is 12.8 Å². The highest BCUT2D eigenvalue weighted by molar-refractivity contribution is 6.34. The number of hydrogen-bond acceptors (Lipinski definition) is 3. The van der Waals surface area contributed by atoms with Crippen LogP contribution in [-0.4, -0.2) is 29.3 Å². The van der Waals surface area contributed by atoms with E-state index >= 15 is 0 Å². The summed E-state index contributed by atoms with van der Waals surface area (Å²) in [7, 11) is 1.76. The highest BCUT2D eigenvalue weighted by Crippen LogP contribution is 2.26. The zero-order chi connectivity index (χ0) is 15.4. The number of carbonyl (C=O) groups is 1. The molecule has 1 saturated carbocycles. The maximum absolute atomic E-state index is 12.4. The number of halogens is 1. The lowest BCUT2D eigenvalue weighted by Crippen LogP contribution is -2.32. The summed E-state index contributed by atoms with van der Waals surface area (Å²) in [6, 6.07) is 3.97. The SMILES string of the molecule is CN(CC1CCCCC1)C(=O)c1ccc([N+](=O)[O-])cc1Cl. The highest BCUT2D eigenvalue weighted by Gasteiger charge is 2.21. The number of nitro benzene ring substituents is 1. The van der Waals surface area contributed by atoms with Gasteiger partial charge in [0.15, 0.2) is 0 Å². The van der Waals surface area contributed by atoms with Crippen LogP contribution in [0.5, 0.6) is 0 Å². The predicted octanol–water partition coefficient (Wildman–Crippen LogP) is 3.90. The summed E-state index contributed by atoms with van der Waals surface area (Å²) in [6.07, 6.45) is 6.05. The number of nitro groups is 1. The predicted molar refractivity (Wildman–Crippen MR) is 81.6 cm³/mol. The van der Waals surface area contributed by atoms with Crippen molar-refractivity contribution < 1.29 is 9.72 Å². The molecule has 0 bridgehead atoms. The number of rotatable bonds is 4. The summed E-state index contributed by atoms with van der Waals surface area (Å²) in [5, 5.41) is 10.8. The third-order valence-corrected chi connectivity index (χ3v) is 4.31. The lowest BCUT2D eigenvalue weighted by atomic mass is 9.89. The number of carbonyl (C=O) groups excluding carboxylic acids is 1. The number of nitrogens with zero attached hydrogens (tertiary/aromatic N) is 2. The fourth-order valence-electron chi connectivity index (χ4n) is 2.84. The van der Waals surface area contributed by atoms with E-state index < -0.39 is 4.92 Å². The van der Waals surface area contributed by atoms with Gasteiger partial charge in [0.2, 0.25) is 0 Å². The monoisotopic (exact) mass is 310 g/mol. The number of non-ortho nitro benzene ring substituents is 1. The molecule has 0 heterocycles. The third-order valence-electron chi connectivity index (χ3n) is 4.00. The van der Waals surface area contributed by atoms with Crippen LogP contribution in [-0.2, 0) is 0 Å². The maximum atomic E-state index is 12.4. The molecule has 1 aliphatic rings. The Kier molecular flexibility index (Phi) is 5.17. The Morgan fingerprint density at radius 1 is 1.38 bits per heavy atom. The van der Waals surface area contributed by atoms with Crippen molar-refractivity contribution in [3.8, 4) is 0 Å². The maximum Gasteiger partial charge on any atom is 0.270 e. The van der Waals surface area contributed by atoms with Crippen LogP contribution in [0.1, 0.15) is 42.5 Å². The van der Waals surface area contributed by atoms with Crippen LogP contribution in [0.2, 0.25) is 5.02 Å². The van der Waals surface area contributed by atoms with E-state index in [2.05, 4.69) is 0 Å². The Hall–Kier alpha value is -1.62. The molecule has 1 aromatic carbocycles. The fourth-order valence-corrected chi connectivity index (χ4v) is 3.09. The molecule has 0 N–H and O–H groups in total. The Morgan fingerprint density at radius 3 is 2.62 bits per heavy atom. The van der Waals surface area contributed by atoms with E-state index in [4.69, 9.17) is 11.6 Å². The molecule has 1 aliphatic carbocycles. The standard InChI is InChI=1S/C15H19ClN2O3/c1-17(10-11-5-3-2-4-6-11)15(19)13-8-7-12(18(20)21)9-14(13)16/h7-9,11H,2-6,10H2,1H3. The Labute approximate surface area is 129 Å². The molecule has 0 radical (unpaired) electrons. The molecule has 0 unspecified atom stereocenters. The van der Waals surface area contributed by atoms with Gasteiger partial charge in [-0.3, -0.25) is 14.9 Å². The van der Waals surface area contributed by atoms with Crippen molar-refractivity contribution in [2.75, 3.05) is 13.6 Å². The molecular weight excluding hydrogens is 292 g/mol. The summed E-state index contributed by atoms with van der Waals surface area (Å²) in [4.78, 5) is 24.2. The zero-order valence-electron chi connectivity index (χ0n) is 12.0. The number of benzene rings is 1. The lowest BCUT2D eigenvalue weighted by molar-refractivity contribution is -0.384. The van der Waals surface area contributed by atoms with E-state index in [9.17, 15) is 14.9 Å². The van der Waals surface area contributed by atoms with Crippen molar-refractivity contribution >= 4 is 23.2 Å². The first kappa shape index (κ1) is 15.8. The van der Waals surface area contributed by atoms with Crippen molar-refractivity contribution in [1.29, 1.82) is 0 Å². The van der Waals surface area contributed by atoms with Crippen molar-refractivity contribution in [3.05, 3.63) is 38.9 Å². The van der Waals surface area contributed by atoms with Gasteiger partial charge in [0, 0.05) is 25.7 Å². The molecule has 114 valence electrons. The van der Waals surface area contributed by atoms with E-state index in [1.54, 1.807) is 11.9 Å². The summed E-state index contributed by atoms with van der Waals surface area (Å²) < 4.78 is 0. The summed E-state index contributed by atoms with van der Waals surface area (Å²) in [6.45, 7) is 0.714.